The Morgan fingerprint density at radius 2 is 2.11 bits per heavy atom. The maximum absolute atomic E-state index is 11.5. The number of aliphatic hydroxyl groups excluding tert-OH is 1. The van der Waals surface area contributed by atoms with Crippen molar-refractivity contribution in [2.75, 3.05) is 11.9 Å². The Bertz CT molecular complexity index is 580. The lowest BCUT2D eigenvalue weighted by atomic mass is 10.3. The van der Waals surface area contributed by atoms with Crippen molar-refractivity contribution in [1.82, 2.24) is 10.3 Å². The van der Waals surface area contributed by atoms with Gasteiger partial charge >= 0.3 is 12.0 Å². The summed E-state index contributed by atoms with van der Waals surface area (Å²) < 4.78 is 0.934. The summed E-state index contributed by atoms with van der Waals surface area (Å²) in [5.41, 5.74) is 0.772. The van der Waals surface area contributed by atoms with Crippen LogP contribution < -0.4 is 10.6 Å². The normalized spacial score (nSPS) is 12.1. The number of amides is 2. The third kappa shape index (κ3) is 3.39. The van der Waals surface area contributed by atoms with Gasteiger partial charge in [-0.25, -0.2) is 14.6 Å². The zero-order valence-electron chi connectivity index (χ0n) is 9.66. The van der Waals surface area contributed by atoms with Crippen LogP contribution in [-0.4, -0.2) is 39.8 Å². The first-order chi connectivity index (χ1) is 9.06. The fourth-order valence-corrected chi connectivity index (χ4v) is 2.20. The highest BCUT2D eigenvalue weighted by Crippen LogP contribution is 2.25. The number of thiazole rings is 1. The molecule has 100 valence electrons. The Morgan fingerprint density at radius 1 is 1.37 bits per heavy atom. The predicted octanol–water partition coefficient (Wildman–Crippen LogP) is 0.863. The number of aliphatic hydroxyl groups is 1. The second-order valence-corrected chi connectivity index (χ2v) is 4.71. The van der Waals surface area contributed by atoms with E-state index in [2.05, 4.69) is 15.6 Å². The van der Waals surface area contributed by atoms with Crippen molar-refractivity contribution in [2.24, 2.45) is 0 Å². The average Bonchev–Trinajstić information content (AvgIpc) is 2.77. The molecular weight excluding hydrogens is 270 g/mol. The lowest BCUT2D eigenvalue weighted by molar-refractivity contribution is -0.146. The van der Waals surface area contributed by atoms with Crippen LogP contribution in [0.5, 0.6) is 0 Å². The van der Waals surface area contributed by atoms with Gasteiger partial charge in [-0.05, 0) is 12.1 Å². The van der Waals surface area contributed by atoms with Crippen molar-refractivity contribution in [3.05, 3.63) is 24.3 Å². The van der Waals surface area contributed by atoms with Crippen LogP contribution in [0, 0.1) is 0 Å². The molecular formula is C11H11N3O4S. The Hall–Kier alpha value is -2.19. The molecule has 0 aliphatic rings. The second kappa shape index (κ2) is 5.63. The molecule has 1 heterocycles. The van der Waals surface area contributed by atoms with Crippen LogP contribution in [0.15, 0.2) is 24.3 Å². The zero-order valence-corrected chi connectivity index (χ0v) is 10.5. The number of carboxylic acid groups (broad SMARTS) is 1. The lowest BCUT2D eigenvalue weighted by Gasteiger charge is -2.07. The van der Waals surface area contributed by atoms with Gasteiger partial charge in [0.1, 0.15) is 0 Å². The molecule has 0 unspecified atom stereocenters. The molecule has 0 aliphatic heterocycles. The SMILES string of the molecule is O=C(NC[C@H](O)C(=O)O)Nc1nc2ccccc2s1. The van der Waals surface area contributed by atoms with Gasteiger partial charge in [0.05, 0.1) is 16.8 Å². The van der Waals surface area contributed by atoms with Gasteiger partial charge in [0.15, 0.2) is 11.2 Å². The number of aliphatic carboxylic acids is 1. The summed E-state index contributed by atoms with van der Waals surface area (Å²) in [6.07, 6.45) is -1.62. The summed E-state index contributed by atoms with van der Waals surface area (Å²) in [5, 5.41) is 22.6. The number of hydrogen-bond acceptors (Lipinski definition) is 5. The van der Waals surface area contributed by atoms with Gasteiger partial charge < -0.3 is 15.5 Å². The van der Waals surface area contributed by atoms with Gasteiger partial charge in [0, 0.05) is 0 Å². The quantitative estimate of drug-likeness (QED) is 0.664. The number of nitrogens with zero attached hydrogens (tertiary/aromatic N) is 1. The third-order valence-electron chi connectivity index (χ3n) is 2.26. The van der Waals surface area contributed by atoms with E-state index in [9.17, 15) is 9.59 Å². The number of aromatic nitrogens is 1. The van der Waals surface area contributed by atoms with Gasteiger partial charge in [0.2, 0.25) is 0 Å². The van der Waals surface area contributed by atoms with Crippen molar-refractivity contribution in [3.8, 4) is 0 Å². The Kier molecular flexibility index (Phi) is 3.93. The molecule has 2 rings (SSSR count). The molecule has 0 saturated heterocycles. The molecule has 2 aromatic rings. The highest BCUT2D eigenvalue weighted by Gasteiger charge is 2.14. The van der Waals surface area contributed by atoms with E-state index in [-0.39, 0.29) is 6.54 Å². The zero-order chi connectivity index (χ0) is 13.8. The monoisotopic (exact) mass is 281 g/mol. The van der Waals surface area contributed by atoms with E-state index >= 15 is 0 Å². The molecule has 1 atom stereocenters. The van der Waals surface area contributed by atoms with Crippen molar-refractivity contribution < 1.29 is 19.8 Å². The van der Waals surface area contributed by atoms with Crippen LogP contribution >= 0.6 is 11.3 Å². The molecule has 0 aliphatic carbocycles. The lowest BCUT2D eigenvalue weighted by Crippen LogP contribution is -2.38. The summed E-state index contributed by atoms with van der Waals surface area (Å²) in [6.45, 7) is -0.369. The number of urea groups is 1. The number of rotatable bonds is 4. The molecule has 0 spiro atoms. The number of carbonyl (C=O) groups is 2. The smallest absolute Gasteiger partial charge is 0.334 e. The van der Waals surface area contributed by atoms with Crippen LogP contribution in [0.4, 0.5) is 9.93 Å². The predicted molar refractivity (Wildman–Crippen MR) is 70.3 cm³/mol. The standard InChI is InChI=1S/C11H11N3O4S/c15-7(9(16)17)5-12-10(18)14-11-13-6-3-1-2-4-8(6)19-11/h1-4,7,15H,5H2,(H,16,17)(H2,12,13,14,18)/t7-/m0/s1. The summed E-state index contributed by atoms with van der Waals surface area (Å²) in [6, 6.07) is 6.80. The maximum Gasteiger partial charge on any atom is 0.334 e. The number of carboxylic acids is 1. The summed E-state index contributed by atoms with van der Waals surface area (Å²) in [4.78, 5) is 26.0. The molecule has 2 amide bonds. The second-order valence-electron chi connectivity index (χ2n) is 3.68. The Balaban J connectivity index is 1.93. The topological polar surface area (TPSA) is 112 Å². The van der Waals surface area contributed by atoms with Crippen LogP contribution in [0.1, 0.15) is 0 Å². The number of para-hydroxylation sites is 1. The van der Waals surface area contributed by atoms with Crippen molar-refractivity contribution in [2.45, 2.75) is 6.10 Å². The average molecular weight is 281 g/mol. The van der Waals surface area contributed by atoms with Crippen LogP contribution in [-0.2, 0) is 4.79 Å². The molecule has 1 aromatic heterocycles. The van der Waals surface area contributed by atoms with Crippen LogP contribution in [0.2, 0.25) is 0 Å². The fraction of sp³-hybridized carbons (Fsp3) is 0.182. The minimum atomic E-state index is -1.62. The van der Waals surface area contributed by atoms with E-state index in [1.54, 1.807) is 0 Å². The molecule has 0 fully saturated rings. The first-order valence-electron chi connectivity index (χ1n) is 5.37. The molecule has 4 N–H and O–H groups in total. The number of carbonyl (C=O) groups excluding carboxylic acids is 1. The van der Waals surface area contributed by atoms with Gasteiger partial charge in [-0.3, -0.25) is 5.32 Å². The number of nitrogens with one attached hydrogen (secondary N) is 2. The van der Waals surface area contributed by atoms with Gasteiger partial charge in [-0.1, -0.05) is 23.5 Å². The Labute approximate surface area is 111 Å². The number of benzene rings is 1. The van der Waals surface area contributed by atoms with Crippen LogP contribution in [0.25, 0.3) is 10.2 Å². The summed E-state index contributed by atoms with van der Waals surface area (Å²) in [7, 11) is 0. The Morgan fingerprint density at radius 3 is 2.79 bits per heavy atom. The maximum atomic E-state index is 11.5. The highest BCUT2D eigenvalue weighted by molar-refractivity contribution is 7.22. The molecule has 0 radical (unpaired) electrons. The van der Waals surface area contributed by atoms with E-state index < -0.39 is 18.1 Å². The van der Waals surface area contributed by atoms with Crippen molar-refractivity contribution >= 4 is 38.7 Å². The van der Waals surface area contributed by atoms with Gasteiger partial charge in [-0.2, -0.15) is 0 Å². The van der Waals surface area contributed by atoms with Gasteiger partial charge in [-0.15, -0.1) is 0 Å². The molecule has 7 nitrogen and oxygen atoms in total. The first-order valence-corrected chi connectivity index (χ1v) is 6.19. The van der Waals surface area contributed by atoms with Crippen molar-refractivity contribution in [3.63, 3.8) is 0 Å². The number of hydrogen-bond donors (Lipinski definition) is 4. The minimum Gasteiger partial charge on any atom is -0.479 e. The molecule has 0 bridgehead atoms. The third-order valence-corrected chi connectivity index (χ3v) is 3.21. The molecule has 0 saturated carbocycles. The van der Waals surface area contributed by atoms with E-state index in [1.807, 2.05) is 24.3 Å². The molecule has 1 aromatic carbocycles. The minimum absolute atomic E-state index is 0.369. The van der Waals surface area contributed by atoms with Crippen molar-refractivity contribution in [1.29, 1.82) is 0 Å². The fourth-order valence-electron chi connectivity index (χ4n) is 1.34. The first kappa shape index (κ1) is 13.2. The summed E-state index contributed by atoms with van der Waals surface area (Å²) >= 11 is 1.30. The van der Waals surface area contributed by atoms with E-state index in [0.29, 0.717) is 5.13 Å². The highest BCUT2D eigenvalue weighted by atomic mass is 32.1. The molecule has 19 heavy (non-hydrogen) atoms. The van der Waals surface area contributed by atoms with Gasteiger partial charge in [0.25, 0.3) is 0 Å². The number of fused-ring (bicyclic) bond motifs is 1. The molecule has 8 heteroatoms. The largest absolute Gasteiger partial charge is 0.479 e. The van der Waals surface area contributed by atoms with Crippen LogP contribution in [0.3, 0.4) is 0 Å². The number of anilines is 1. The summed E-state index contributed by atoms with van der Waals surface area (Å²) in [5.74, 6) is -1.39. The van der Waals surface area contributed by atoms with E-state index in [0.717, 1.165) is 10.2 Å². The van der Waals surface area contributed by atoms with E-state index in [4.69, 9.17) is 10.2 Å². The van der Waals surface area contributed by atoms with E-state index in [1.165, 1.54) is 11.3 Å².